The van der Waals surface area contributed by atoms with Gasteiger partial charge in [-0.05, 0) is 34.5 Å². The maximum absolute atomic E-state index is 12.3. The molecule has 9 heteroatoms. The average molecular weight is 459 g/mol. The molecule has 3 N–H and O–H groups in total. The standard InChI is InChI=1S/C24H19ClN6O2/c1-30-28-22(27-29-30)21-20(25)18-9-5-6-10-19(18)31(21)17-13-11-16(12-14-17)24(33,23(26)32)15-7-3-2-4-8-15/h2-14,33H,1H3,(H2,26,32). The molecule has 1 amide bonds. The molecule has 0 spiro atoms. The van der Waals surface area contributed by atoms with Crippen molar-refractivity contribution in [3.05, 3.63) is 95.0 Å². The second-order valence-electron chi connectivity index (χ2n) is 7.61. The van der Waals surface area contributed by atoms with E-state index in [4.69, 9.17) is 17.3 Å². The molecule has 0 fully saturated rings. The zero-order valence-corrected chi connectivity index (χ0v) is 18.3. The Labute approximate surface area is 193 Å². The van der Waals surface area contributed by atoms with Crippen molar-refractivity contribution in [2.75, 3.05) is 0 Å². The summed E-state index contributed by atoms with van der Waals surface area (Å²) in [6.07, 6.45) is 0. The monoisotopic (exact) mass is 458 g/mol. The van der Waals surface area contributed by atoms with Crippen molar-refractivity contribution in [2.24, 2.45) is 12.8 Å². The summed E-state index contributed by atoms with van der Waals surface area (Å²) < 4.78 is 1.92. The van der Waals surface area contributed by atoms with E-state index in [0.717, 1.165) is 16.6 Å². The van der Waals surface area contributed by atoms with Gasteiger partial charge < -0.3 is 15.4 Å². The van der Waals surface area contributed by atoms with Crippen LogP contribution >= 0.6 is 11.6 Å². The Morgan fingerprint density at radius 1 is 0.970 bits per heavy atom. The van der Waals surface area contributed by atoms with Gasteiger partial charge in [-0.2, -0.15) is 4.80 Å². The van der Waals surface area contributed by atoms with Gasteiger partial charge in [0.25, 0.3) is 5.91 Å². The fraction of sp³-hybridized carbons (Fsp3) is 0.0833. The fourth-order valence-corrected chi connectivity index (χ4v) is 4.36. The van der Waals surface area contributed by atoms with E-state index in [1.165, 1.54) is 4.80 Å². The number of aliphatic hydroxyl groups is 1. The van der Waals surface area contributed by atoms with E-state index >= 15 is 0 Å². The second kappa shape index (κ2) is 7.84. The number of fused-ring (bicyclic) bond motifs is 1. The van der Waals surface area contributed by atoms with Gasteiger partial charge in [-0.3, -0.25) is 4.79 Å². The number of hydrogen-bond acceptors (Lipinski definition) is 5. The number of rotatable bonds is 5. The van der Waals surface area contributed by atoms with Crippen LogP contribution < -0.4 is 5.73 Å². The number of benzene rings is 3. The minimum atomic E-state index is -1.97. The Morgan fingerprint density at radius 3 is 2.24 bits per heavy atom. The molecule has 33 heavy (non-hydrogen) atoms. The minimum Gasteiger partial charge on any atom is -0.372 e. The normalized spacial score (nSPS) is 13.2. The molecular formula is C24H19ClN6O2. The summed E-state index contributed by atoms with van der Waals surface area (Å²) in [6, 6.07) is 23.2. The van der Waals surface area contributed by atoms with Gasteiger partial charge >= 0.3 is 0 Å². The van der Waals surface area contributed by atoms with Crippen molar-refractivity contribution in [3.63, 3.8) is 0 Å². The number of aromatic nitrogens is 5. The van der Waals surface area contributed by atoms with Crippen molar-refractivity contribution in [3.8, 4) is 17.2 Å². The van der Waals surface area contributed by atoms with E-state index in [0.29, 0.717) is 27.7 Å². The number of aryl methyl sites for hydroxylation is 1. The maximum atomic E-state index is 12.3. The topological polar surface area (TPSA) is 112 Å². The lowest BCUT2D eigenvalue weighted by Crippen LogP contribution is -2.42. The number of primary amides is 1. The SMILES string of the molecule is Cn1nnc(-c2c(Cl)c3ccccc3n2-c2ccc(C(O)(C(N)=O)c3ccccc3)cc2)n1. The molecule has 3 aromatic carbocycles. The number of carbonyl (C=O) groups excluding carboxylic acids is 1. The van der Waals surface area contributed by atoms with Crippen LogP contribution in [0.4, 0.5) is 0 Å². The van der Waals surface area contributed by atoms with E-state index in [9.17, 15) is 9.90 Å². The van der Waals surface area contributed by atoms with E-state index in [1.54, 1.807) is 61.6 Å². The highest BCUT2D eigenvalue weighted by Crippen LogP contribution is 2.39. The zero-order chi connectivity index (χ0) is 23.2. The number of tetrazole rings is 1. The first-order chi connectivity index (χ1) is 15.9. The van der Waals surface area contributed by atoms with Crippen LogP contribution in [0.1, 0.15) is 11.1 Å². The number of nitrogens with two attached hydrogens (primary N) is 1. The van der Waals surface area contributed by atoms with E-state index in [2.05, 4.69) is 15.4 Å². The highest BCUT2D eigenvalue weighted by Gasteiger charge is 2.38. The lowest BCUT2D eigenvalue weighted by Gasteiger charge is -2.26. The number of hydrogen-bond donors (Lipinski definition) is 2. The van der Waals surface area contributed by atoms with Crippen molar-refractivity contribution in [2.45, 2.75) is 5.60 Å². The van der Waals surface area contributed by atoms with Gasteiger partial charge in [-0.15, -0.1) is 10.2 Å². The van der Waals surface area contributed by atoms with Crippen LogP contribution in [-0.4, -0.2) is 35.8 Å². The van der Waals surface area contributed by atoms with Gasteiger partial charge in [0.2, 0.25) is 5.82 Å². The molecule has 5 rings (SSSR count). The highest BCUT2D eigenvalue weighted by atomic mass is 35.5. The van der Waals surface area contributed by atoms with Crippen molar-refractivity contribution in [1.82, 2.24) is 24.8 Å². The Bertz CT molecular complexity index is 1480. The van der Waals surface area contributed by atoms with Crippen LogP contribution in [-0.2, 0) is 17.4 Å². The molecule has 8 nitrogen and oxygen atoms in total. The summed E-state index contributed by atoms with van der Waals surface area (Å²) in [5.74, 6) is -0.485. The Kier molecular flexibility index (Phi) is 4.96. The molecule has 0 bridgehead atoms. The van der Waals surface area contributed by atoms with Crippen LogP contribution in [0.5, 0.6) is 0 Å². The minimum absolute atomic E-state index is 0.353. The Hall–Kier alpha value is -4.01. The predicted octanol–water partition coefficient (Wildman–Crippen LogP) is 3.20. The first-order valence-electron chi connectivity index (χ1n) is 10.1. The molecule has 0 saturated carbocycles. The molecule has 0 aliphatic carbocycles. The van der Waals surface area contributed by atoms with E-state index in [1.807, 2.05) is 28.8 Å². The molecule has 0 aliphatic heterocycles. The van der Waals surface area contributed by atoms with Gasteiger partial charge in [0.1, 0.15) is 5.69 Å². The summed E-state index contributed by atoms with van der Waals surface area (Å²) in [5, 5.41) is 25.0. The van der Waals surface area contributed by atoms with Crippen LogP contribution in [0.15, 0.2) is 78.9 Å². The summed E-state index contributed by atoms with van der Waals surface area (Å²) in [5.41, 5.74) is 6.59. The van der Waals surface area contributed by atoms with Crippen LogP contribution in [0.25, 0.3) is 28.1 Å². The quantitative estimate of drug-likeness (QED) is 0.420. The summed E-state index contributed by atoms with van der Waals surface area (Å²) in [4.78, 5) is 13.7. The molecule has 164 valence electrons. The van der Waals surface area contributed by atoms with Crippen LogP contribution in [0, 0.1) is 0 Å². The Morgan fingerprint density at radius 2 is 1.61 bits per heavy atom. The number of nitrogens with zero attached hydrogens (tertiary/aromatic N) is 5. The summed E-state index contributed by atoms with van der Waals surface area (Å²) in [7, 11) is 1.68. The summed E-state index contributed by atoms with van der Waals surface area (Å²) >= 11 is 6.74. The van der Waals surface area contributed by atoms with E-state index < -0.39 is 11.5 Å². The second-order valence-corrected chi connectivity index (χ2v) is 7.98. The maximum Gasteiger partial charge on any atom is 0.258 e. The number of carbonyl (C=O) groups is 1. The van der Waals surface area contributed by atoms with Crippen molar-refractivity contribution >= 4 is 28.4 Å². The fourth-order valence-electron chi connectivity index (χ4n) is 4.03. The van der Waals surface area contributed by atoms with Gasteiger partial charge in [0.05, 0.1) is 17.6 Å². The Balaban J connectivity index is 1.69. The molecule has 0 radical (unpaired) electrons. The van der Waals surface area contributed by atoms with Crippen LogP contribution in [0.3, 0.4) is 0 Å². The lowest BCUT2D eigenvalue weighted by atomic mass is 9.85. The molecular weight excluding hydrogens is 440 g/mol. The van der Waals surface area contributed by atoms with Crippen LogP contribution in [0.2, 0.25) is 5.02 Å². The van der Waals surface area contributed by atoms with Gasteiger partial charge in [-0.1, -0.05) is 72.3 Å². The number of halogens is 1. The van der Waals surface area contributed by atoms with Gasteiger partial charge in [0, 0.05) is 11.1 Å². The molecule has 2 heterocycles. The van der Waals surface area contributed by atoms with Gasteiger partial charge in [-0.25, -0.2) is 0 Å². The third-order valence-electron chi connectivity index (χ3n) is 5.62. The number of amides is 1. The third kappa shape index (κ3) is 3.27. The average Bonchev–Trinajstić information content (AvgIpc) is 3.40. The first-order valence-corrected chi connectivity index (χ1v) is 10.5. The predicted molar refractivity (Wildman–Crippen MR) is 125 cm³/mol. The van der Waals surface area contributed by atoms with Gasteiger partial charge in [0.15, 0.2) is 5.60 Å². The molecule has 1 unspecified atom stereocenters. The first kappa shape index (κ1) is 20.9. The summed E-state index contributed by atoms with van der Waals surface area (Å²) in [6.45, 7) is 0. The molecule has 1 atom stereocenters. The zero-order valence-electron chi connectivity index (χ0n) is 17.6. The molecule has 2 aromatic heterocycles. The van der Waals surface area contributed by atoms with Crippen molar-refractivity contribution < 1.29 is 9.90 Å². The lowest BCUT2D eigenvalue weighted by molar-refractivity contribution is -0.133. The molecule has 0 aliphatic rings. The smallest absolute Gasteiger partial charge is 0.258 e. The molecule has 5 aromatic rings. The highest BCUT2D eigenvalue weighted by molar-refractivity contribution is 6.38. The molecule has 0 saturated heterocycles. The van der Waals surface area contributed by atoms with Crippen molar-refractivity contribution in [1.29, 1.82) is 0 Å². The number of para-hydroxylation sites is 1. The van der Waals surface area contributed by atoms with E-state index in [-0.39, 0.29) is 0 Å². The third-order valence-corrected chi connectivity index (χ3v) is 6.01. The largest absolute Gasteiger partial charge is 0.372 e.